The van der Waals surface area contributed by atoms with Crippen molar-refractivity contribution in [3.63, 3.8) is 0 Å². The van der Waals surface area contributed by atoms with Crippen molar-refractivity contribution < 1.29 is 4.52 Å². The van der Waals surface area contributed by atoms with Crippen molar-refractivity contribution in [2.75, 3.05) is 0 Å². The van der Waals surface area contributed by atoms with Gasteiger partial charge in [-0.15, -0.1) is 0 Å². The van der Waals surface area contributed by atoms with Crippen molar-refractivity contribution in [2.45, 2.75) is 13.0 Å². The molecule has 6 heteroatoms. The van der Waals surface area contributed by atoms with Gasteiger partial charge in [0, 0.05) is 31.2 Å². The topological polar surface area (TPSA) is 65.8 Å². The molecule has 0 saturated carbocycles. The van der Waals surface area contributed by atoms with Crippen molar-refractivity contribution in [3.8, 4) is 0 Å². The standard InChI is InChI=1S/C18H16N4O2/c1-21-9-7-14-8-10-22(18(23)17(14)21)12-16-19-15(20-24-16)11-13-5-3-2-4-6-13/h2-10H,11-12H2,1H3. The second kappa shape index (κ2) is 5.81. The first-order valence-electron chi connectivity index (χ1n) is 7.70. The van der Waals surface area contributed by atoms with Gasteiger partial charge in [-0.05, 0) is 17.7 Å². The lowest BCUT2D eigenvalue weighted by Gasteiger charge is -2.03. The Balaban J connectivity index is 1.59. The molecule has 0 radical (unpaired) electrons. The van der Waals surface area contributed by atoms with Gasteiger partial charge >= 0.3 is 0 Å². The molecule has 4 aromatic rings. The van der Waals surface area contributed by atoms with Gasteiger partial charge in [-0.3, -0.25) is 4.79 Å². The summed E-state index contributed by atoms with van der Waals surface area (Å²) in [7, 11) is 1.86. The van der Waals surface area contributed by atoms with Crippen LogP contribution in [0.1, 0.15) is 17.3 Å². The Kier molecular flexibility index (Phi) is 3.49. The van der Waals surface area contributed by atoms with E-state index >= 15 is 0 Å². The maximum atomic E-state index is 12.6. The number of nitrogens with zero attached hydrogens (tertiary/aromatic N) is 4. The first-order valence-corrected chi connectivity index (χ1v) is 7.70. The summed E-state index contributed by atoms with van der Waals surface area (Å²) in [4.78, 5) is 17.0. The molecule has 1 aromatic carbocycles. The molecule has 0 spiro atoms. The molecule has 3 heterocycles. The molecule has 120 valence electrons. The Morgan fingerprint density at radius 1 is 1.08 bits per heavy atom. The summed E-state index contributed by atoms with van der Waals surface area (Å²) in [6.45, 7) is 0.266. The van der Waals surface area contributed by atoms with E-state index in [-0.39, 0.29) is 12.1 Å². The average Bonchev–Trinajstić information content (AvgIpc) is 3.18. The first-order chi connectivity index (χ1) is 11.7. The van der Waals surface area contributed by atoms with Gasteiger partial charge in [-0.1, -0.05) is 35.5 Å². The largest absolute Gasteiger partial charge is 0.346 e. The summed E-state index contributed by atoms with van der Waals surface area (Å²) >= 11 is 0. The van der Waals surface area contributed by atoms with Crippen molar-refractivity contribution in [1.29, 1.82) is 0 Å². The number of aryl methyl sites for hydroxylation is 1. The van der Waals surface area contributed by atoms with Crippen LogP contribution in [0.2, 0.25) is 0 Å². The van der Waals surface area contributed by atoms with Crippen LogP contribution < -0.4 is 5.56 Å². The summed E-state index contributed by atoms with van der Waals surface area (Å²) in [6, 6.07) is 13.8. The SMILES string of the molecule is Cn1ccc2ccn(Cc3nc(Cc4ccccc4)no3)c(=O)c21. The molecule has 0 saturated heterocycles. The van der Waals surface area contributed by atoms with Crippen molar-refractivity contribution in [2.24, 2.45) is 7.05 Å². The van der Waals surface area contributed by atoms with E-state index in [1.54, 1.807) is 10.8 Å². The Morgan fingerprint density at radius 2 is 1.88 bits per heavy atom. The lowest BCUT2D eigenvalue weighted by molar-refractivity contribution is 0.365. The van der Waals surface area contributed by atoms with E-state index in [1.807, 2.05) is 60.3 Å². The van der Waals surface area contributed by atoms with E-state index in [2.05, 4.69) is 10.1 Å². The van der Waals surface area contributed by atoms with E-state index in [1.165, 1.54) is 0 Å². The second-order valence-electron chi connectivity index (χ2n) is 5.75. The van der Waals surface area contributed by atoms with Gasteiger partial charge in [0.15, 0.2) is 5.82 Å². The Bertz CT molecular complexity index is 1040. The summed E-state index contributed by atoms with van der Waals surface area (Å²) in [5, 5.41) is 4.93. The monoisotopic (exact) mass is 320 g/mol. The van der Waals surface area contributed by atoms with Gasteiger partial charge in [0.2, 0.25) is 5.89 Å². The van der Waals surface area contributed by atoms with Gasteiger partial charge in [-0.2, -0.15) is 4.98 Å². The second-order valence-corrected chi connectivity index (χ2v) is 5.75. The predicted molar refractivity (Wildman–Crippen MR) is 89.8 cm³/mol. The molecule has 0 bridgehead atoms. The van der Waals surface area contributed by atoms with E-state index in [0.29, 0.717) is 23.7 Å². The van der Waals surface area contributed by atoms with Crippen molar-refractivity contribution >= 4 is 10.9 Å². The average molecular weight is 320 g/mol. The molecule has 0 fully saturated rings. The molecule has 0 aliphatic rings. The fourth-order valence-corrected chi connectivity index (χ4v) is 2.81. The summed E-state index contributed by atoms with van der Waals surface area (Å²) < 4.78 is 8.70. The zero-order valence-electron chi connectivity index (χ0n) is 13.2. The van der Waals surface area contributed by atoms with Crippen LogP contribution in [0.3, 0.4) is 0 Å². The van der Waals surface area contributed by atoms with Gasteiger partial charge in [-0.25, -0.2) is 0 Å². The van der Waals surface area contributed by atoms with Crippen LogP contribution >= 0.6 is 0 Å². The number of rotatable bonds is 4. The Morgan fingerprint density at radius 3 is 2.71 bits per heavy atom. The first kappa shape index (κ1) is 14.4. The molecule has 0 aliphatic carbocycles. The molecule has 0 atom stereocenters. The maximum Gasteiger partial charge on any atom is 0.275 e. The fraction of sp³-hybridized carbons (Fsp3) is 0.167. The number of pyridine rings is 1. The minimum absolute atomic E-state index is 0.0668. The van der Waals surface area contributed by atoms with E-state index in [4.69, 9.17) is 4.52 Å². The van der Waals surface area contributed by atoms with Gasteiger partial charge in [0.25, 0.3) is 5.56 Å². The van der Waals surface area contributed by atoms with E-state index in [0.717, 1.165) is 10.9 Å². The minimum atomic E-state index is -0.0668. The Labute approximate surface area is 138 Å². The van der Waals surface area contributed by atoms with Gasteiger partial charge in [0.05, 0.1) is 0 Å². The minimum Gasteiger partial charge on any atom is -0.346 e. The molecule has 0 amide bonds. The molecule has 0 aliphatic heterocycles. The third-order valence-electron chi connectivity index (χ3n) is 4.02. The van der Waals surface area contributed by atoms with Crippen LogP contribution in [-0.2, 0) is 20.0 Å². The van der Waals surface area contributed by atoms with Crippen molar-refractivity contribution in [3.05, 3.63) is 82.5 Å². The van der Waals surface area contributed by atoms with E-state index < -0.39 is 0 Å². The van der Waals surface area contributed by atoms with Crippen LogP contribution in [0.4, 0.5) is 0 Å². The zero-order valence-corrected chi connectivity index (χ0v) is 13.2. The highest BCUT2D eigenvalue weighted by atomic mass is 16.5. The van der Waals surface area contributed by atoms with Crippen LogP contribution in [0.15, 0.2) is 64.2 Å². The smallest absolute Gasteiger partial charge is 0.275 e. The van der Waals surface area contributed by atoms with Crippen LogP contribution in [0.5, 0.6) is 0 Å². The number of hydrogen-bond acceptors (Lipinski definition) is 4. The summed E-state index contributed by atoms with van der Waals surface area (Å²) in [5.41, 5.74) is 1.72. The third kappa shape index (κ3) is 2.62. The predicted octanol–water partition coefficient (Wildman–Crippen LogP) is 2.36. The van der Waals surface area contributed by atoms with E-state index in [9.17, 15) is 4.79 Å². The molecular weight excluding hydrogens is 304 g/mol. The quantitative estimate of drug-likeness (QED) is 0.579. The van der Waals surface area contributed by atoms with Crippen LogP contribution in [0.25, 0.3) is 10.9 Å². The maximum absolute atomic E-state index is 12.6. The zero-order chi connectivity index (χ0) is 16.5. The molecule has 24 heavy (non-hydrogen) atoms. The summed E-state index contributed by atoms with van der Waals surface area (Å²) in [5.74, 6) is 1.04. The number of hydrogen-bond donors (Lipinski definition) is 0. The normalized spacial score (nSPS) is 11.2. The fourth-order valence-electron chi connectivity index (χ4n) is 2.81. The highest BCUT2D eigenvalue weighted by molar-refractivity contribution is 5.78. The van der Waals surface area contributed by atoms with Gasteiger partial charge < -0.3 is 13.7 Å². The van der Waals surface area contributed by atoms with Crippen molar-refractivity contribution in [1.82, 2.24) is 19.3 Å². The lowest BCUT2D eigenvalue weighted by Crippen LogP contribution is -2.21. The highest BCUT2D eigenvalue weighted by Gasteiger charge is 2.11. The molecule has 0 N–H and O–H groups in total. The number of benzene rings is 1. The van der Waals surface area contributed by atoms with Gasteiger partial charge in [0.1, 0.15) is 12.1 Å². The lowest BCUT2D eigenvalue weighted by atomic mass is 10.1. The molecule has 4 rings (SSSR count). The molecule has 3 aromatic heterocycles. The Hall–Kier alpha value is -3.15. The molecule has 6 nitrogen and oxygen atoms in total. The van der Waals surface area contributed by atoms with Crippen LogP contribution in [0, 0.1) is 0 Å². The number of fused-ring (bicyclic) bond motifs is 1. The summed E-state index contributed by atoms with van der Waals surface area (Å²) in [6.07, 6.45) is 4.24. The number of aromatic nitrogens is 4. The molecule has 0 unspecified atom stereocenters. The molecular formula is C18H16N4O2. The van der Waals surface area contributed by atoms with Crippen LogP contribution in [-0.4, -0.2) is 19.3 Å². The third-order valence-corrected chi connectivity index (χ3v) is 4.02. The highest BCUT2D eigenvalue weighted by Crippen LogP contribution is 2.11.